The molecule has 11 heteroatoms. The van der Waals surface area contributed by atoms with E-state index in [4.69, 9.17) is 5.84 Å². The summed E-state index contributed by atoms with van der Waals surface area (Å²) in [5.74, 6) is 1.26. The number of hydrogen-bond donors (Lipinski definition) is 2. The Labute approximate surface area is 110 Å². The smallest absolute Gasteiger partial charge is 0.271 e. The van der Waals surface area contributed by atoms with E-state index in [0.717, 1.165) is 10.9 Å². The van der Waals surface area contributed by atoms with Crippen LogP contribution in [0, 0.1) is 5.92 Å². The van der Waals surface area contributed by atoms with Crippen molar-refractivity contribution in [2.45, 2.75) is 38.3 Å². The van der Waals surface area contributed by atoms with Crippen molar-refractivity contribution in [1.82, 2.24) is 20.4 Å². The van der Waals surface area contributed by atoms with Crippen molar-refractivity contribution in [2.24, 2.45) is 11.8 Å². The second-order valence-corrected chi connectivity index (χ2v) is 4.09. The molecule has 0 aliphatic heterocycles. The van der Waals surface area contributed by atoms with Crippen LogP contribution in [0.1, 0.15) is 25.1 Å². The molecule has 0 fully saturated rings. The largest absolute Gasteiger partial charge is 0.402 e. The Balaban J connectivity index is 3.24. The molecule has 20 heavy (non-hydrogen) atoms. The number of alkyl halides is 6. The third-order valence-electron chi connectivity index (χ3n) is 2.62. The van der Waals surface area contributed by atoms with Crippen LogP contribution >= 0.6 is 0 Å². The Morgan fingerprint density at radius 1 is 1.25 bits per heavy atom. The molecule has 1 aromatic heterocycles. The number of nitrogens with two attached hydrogens (primary N) is 1. The number of rotatable bonds is 5. The summed E-state index contributed by atoms with van der Waals surface area (Å²) in [5, 5.41) is 6.80. The van der Waals surface area contributed by atoms with Crippen molar-refractivity contribution in [3.63, 3.8) is 0 Å². The van der Waals surface area contributed by atoms with Gasteiger partial charge in [0.05, 0.1) is 17.9 Å². The zero-order valence-electron chi connectivity index (χ0n) is 10.3. The molecule has 0 aliphatic carbocycles. The molecule has 1 unspecified atom stereocenters. The van der Waals surface area contributed by atoms with Gasteiger partial charge in [0.2, 0.25) is 0 Å². The van der Waals surface area contributed by atoms with Crippen molar-refractivity contribution in [3.05, 3.63) is 11.9 Å². The Bertz CT molecular complexity index is 411. The zero-order chi connectivity index (χ0) is 15.6. The number of nitrogens with zero attached hydrogens (tertiary/aromatic N) is 3. The minimum absolute atomic E-state index is 0.135. The van der Waals surface area contributed by atoms with Crippen LogP contribution in [-0.4, -0.2) is 27.3 Å². The third-order valence-corrected chi connectivity index (χ3v) is 2.62. The molecule has 0 spiro atoms. The van der Waals surface area contributed by atoms with Crippen molar-refractivity contribution in [1.29, 1.82) is 0 Å². The minimum Gasteiger partial charge on any atom is -0.271 e. The first-order valence-corrected chi connectivity index (χ1v) is 5.60. The summed E-state index contributed by atoms with van der Waals surface area (Å²) >= 11 is 0. The summed E-state index contributed by atoms with van der Waals surface area (Å²) < 4.78 is 77.1. The fourth-order valence-corrected chi connectivity index (χ4v) is 1.81. The maximum Gasteiger partial charge on any atom is 0.402 e. The first-order chi connectivity index (χ1) is 9.12. The molecule has 1 atom stereocenters. The van der Waals surface area contributed by atoms with Crippen molar-refractivity contribution < 1.29 is 26.3 Å². The topological polar surface area (TPSA) is 68.8 Å². The summed E-state index contributed by atoms with van der Waals surface area (Å²) in [6.45, 7) is 1.83. The van der Waals surface area contributed by atoms with Gasteiger partial charge in [-0.15, -0.1) is 5.10 Å². The molecular weight excluding hydrogens is 292 g/mol. The summed E-state index contributed by atoms with van der Waals surface area (Å²) in [4.78, 5) is 0. The van der Waals surface area contributed by atoms with E-state index in [9.17, 15) is 26.3 Å². The molecule has 0 amide bonds. The van der Waals surface area contributed by atoms with Crippen LogP contribution in [0.15, 0.2) is 6.20 Å². The third kappa shape index (κ3) is 3.60. The molecule has 0 saturated heterocycles. The molecular formula is C9H13F6N5. The van der Waals surface area contributed by atoms with E-state index in [1.165, 1.54) is 0 Å². The van der Waals surface area contributed by atoms with Gasteiger partial charge in [0.15, 0.2) is 5.92 Å². The van der Waals surface area contributed by atoms with Gasteiger partial charge in [-0.05, 0) is 6.42 Å². The SMILES string of the molecule is CCCn1nncc1C(NN)C(C(F)(F)F)C(F)(F)F. The van der Waals surface area contributed by atoms with Crippen molar-refractivity contribution in [2.75, 3.05) is 0 Å². The van der Waals surface area contributed by atoms with E-state index in [-0.39, 0.29) is 12.2 Å². The first kappa shape index (κ1) is 16.7. The van der Waals surface area contributed by atoms with Crippen molar-refractivity contribution >= 4 is 0 Å². The molecule has 3 N–H and O–H groups in total. The quantitative estimate of drug-likeness (QED) is 0.495. The van der Waals surface area contributed by atoms with E-state index < -0.39 is 24.3 Å². The van der Waals surface area contributed by atoms with Crippen molar-refractivity contribution in [3.8, 4) is 0 Å². The molecule has 1 aromatic rings. The summed E-state index contributed by atoms with van der Waals surface area (Å²) in [6, 6.07) is -2.21. The molecule has 1 rings (SSSR count). The Morgan fingerprint density at radius 2 is 1.80 bits per heavy atom. The number of aryl methyl sites for hydroxylation is 1. The molecule has 0 aromatic carbocycles. The normalized spacial score (nSPS) is 14.8. The Hall–Kier alpha value is -1.36. The van der Waals surface area contributed by atoms with E-state index in [1.54, 1.807) is 12.3 Å². The fraction of sp³-hybridized carbons (Fsp3) is 0.778. The van der Waals surface area contributed by atoms with Gasteiger partial charge in [0, 0.05) is 6.54 Å². The van der Waals surface area contributed by atoms with Gasteiger partial charge < -0.3 is 0 Å². The molecule has 0 saturated carbocycles. The zero-order valence-corrected chi connectivity index (χ0v) is 10.3. The first-order valence-electron chi connectivity index (χ1n) is 5.60. The molecule has 5 nitrogen and oxygen atoms in total. The standard InChI is InChI=1S/C9H13F6N5/c1-2-3-20-5(4-17-19-20)6(18-16)7(8(10,11)12)9(13,14)15/h4,6-7,18H,2-3,16H2,1H3. The maximum absolute atomic E-state index is 12.7. The number of hydrazine groups is 1. The lowest BCUT2D eigenvalue weighted by Crippen LogP contribution is -2.48. The van der Waals surface area contributed by atoms with Gasteiger partial charge in [0.1, 0.15) is 0 Å². The van der Waals surface area contributed by atoms with Crippen LogP contribution in [0.25, 0.3) is 0 Å². The summed E-state index contributed by atoms with van der Waals surface area (Å²) in [6.07, 6.45) is -9.70. The van der Waals surface area contributed by atoms with E-state index in [2.05, 4.69) is 10.3 Å². The van der Waals surface area contributed by atoms with E-state index >= 15 is 0 Å². The molecule has 0 bridgehead atoms. The van der Waals surface area contributed by atoms with Crippen LogP contribution in [-0.2, 0) is 6.54 Å². The van der Waals surface area contributed by atoms with Gasteiger partial charge in [-0.2, -0.15) is 26.3 Å². The minimum atomic E-state index is -5.50. The van der Waals surface area contributed by atoms with Gasteiger partial charge in [-0.25, -0.2) is 4.68 Å². The second kappa shape index (κ2) is 5.95. The van der Waals surface area contributed by atoms with Gasteiger partial charge in [-0.3, -0.25) is 11.3 Å². The lowest BCUT2D eigenvalue weighted by Gasteiger charge is -2.30. The van der Waals surface area contributed by atoms with Crippen LogP contribution in [0.2, 0.25) is 0 Å². The fourth-order valence-electron chi connectivity index (χ4n) is 1.81. The Morgan fingerprint density at radius 3 is 2.20 bits per heavy atom. The molecule has 0 radical (unpaired) electrons. The highest BCUT2D eigenvalue weighted by molar-refractivity contribution is 5.07. The average molecular weight is 305 g/mol. The van der Waals surface area contributed by atoms with Gasteiger partial charge in [-0.1, -0.05) is 12.1 Å². The maximum atomic E-state index is 12.7. The Kier molecular flexibility index (Phi) is 4.97. The predicted molar refractivity (Wildman–Crippen MR) is 56.0 cm³/mol. The number of nitrogens with one attached hydrogen (secondary N) is 1. The highest BCUT2D eigenvalue weighted by Crippen LogP contribution is 2.45. The predicted octanol–water partition coefficient (Wildman–Crippen LogP) is 1.93. The lowest BCUT2D eigenvalue weighted by atomic mass is 9.96. The van der Waals surface area contributed by atoms with Gasteiger partial charge in [0.25, 0.3) is 0 Å². The van der Waals surface area contributed by atoms with E-state index in [0.29, 0.717) is 6.42 Å². The van der Waals surface area contributed by atoms with Crippen LogP contribution in [0.4, 0.5) is 26.3 Å². The van der Waals surface area contributed by atoms with Crippen LogP contribution in [0.5, 0.6) is 0 Å². The number of hydrogen-bond acceptors (Lipinski definition) is 4. The van der Waals surface area contributed by atoms with Crippen LogP contribution in [0.3, 0.4) is 0 Å². The summed E-state index contributed by atoms with van der Waals surface area (Å²) in [5.41, 5.74) is 1.21. The molecule has 0 aliphatic rings. The molecule has 1 heterocycles. The number of aromatic nitrogens is 3. The highest BCUT2D eigenvalue weighted by atomic mass is 19.4. The van der Waals surface area contributed by atoms with E-state index in [1.807, 2.05) is 0 Å². The van der Waals surface area contributed by atoms with Crippen LogP contribution < -0.4 is 11.3 Å². The lowest BCUT2D eigenvalue weighted by molar-refractivity contribution is -0.293. The number of halogens is 6. The van der Waals surface area contributed by atoms with Gasteiger partial charge >= 0.3 is 12.4 Å². The highest BCUT2D eigenvalue weighted by Gasteiger charge is 2.61. The summed E-state index contributed by atoms with van der Waals surface area (Å²) in [7, 11) is 0. The second-order valence-electron chi connectivity index (χ2n) is 4.09. The average Bonchev–Trinajstić information content (AvgIpc) is 2.70. The monoisotopic (exact) mass is 305 g/mol. The molecule has 116 valence electrons.